The van der Waals surface area contributed by atoms with Crippen LogP contribution in [0.25, 0.3) is 11.0 Å². The summed E-state index contributed by atoms with van der Waals surface area (Å²) in [7, 11) is 0. The van der Waals surface area contributed by atoms with E-state index in [0.29, 0.717) is 29.1 Å². The fraction of sp³-hybridized carbons (Fsp3) is 0.167. The minimum Gasteiger partial charge on any atom is -0.351 e. The van der Waals surface area contributed by atoms with Gasteiger partial charge in [0.15, 0.2) is 0 Å². The van der Waals surface area contributed by atoms with E-state index in [9.17, 15) is 9.59 Å². The quantitative estimate of drug-likeness (QED) is 0.645. The number of nitrogens with one attached hydrogen (secondary N) is 1. The fourth-order valence-corrected chi connectivity index (χ4v) is 2.87. The summed E-state index contributed by atoms with van der Waals surface area (Å²) in [5, 5.41) is 4.70. The lowest BCUT2D eigenvalue weighted by molar-refractivity contribution is 0.0954. The van der Waals surface area contributed by atoms with E-state index in [1.54, 1.807) is 30.5 Å². The maximum Gasteiger partial charge on any atom is 0.265 e. The second-order valence-electron chi connectivity index (χ2n) is 5.44. The number of rotatable bonds is 5. The minimum atomic E-state index is -0.389. The molecular formula is C18H15BrClN3O2. The van der Waals surface area contributed by atoms with E-state index in [4.69, 9.17) is 11.6 Å². The number of aromatic nitrogens is 2. The van der Waals surface area contributed by atoms with Crippen molar-refractivity contribution in [1.82, 2.24) is 14.9 Å². The third kappa shape index (κ3) is 3.91. The summed E-state index contributed by atoms with van der Waals surface area (Å²) >= 11 is 9.17. The third-order valence-corrected chi connectivity index (χ3v) is 4.38. The Bertz CT molecular complexity index is 970. The maximum atomic E-state index is 12.9. The highest BCUT2D eigenvalue weighted by Gasteiger charge is 2.16. The van der Waals surface area contributed by atoms with Crippen molar-refractivity contribution in [2.24, 2.45) is 0 Å². The van der Waals surface area contributed by atoms with Gasteiger partial charge >= 0.3 is 0 Å². The predicted octanol–water partition coefficient (Wildman–Crippen LogP) is 3.22. The Morgan fingerprint density at radius 3 is 2.72 bits per heavy atom. The number of benzene rings is 1. The van der Waals surface area contributed by atoms with Gasteiger partial charge in [0.1, 0.15) is 11.2 Å². The first kappa shape index (κ1) is 17.6. The van der Waals surface area contributed by atoms with E-state index in [1.165, 1.54) is 4.57 Å². The summed E-state index contributed by atoms with van der Waals surface area (Å²) in [6, 6.07) is 12.4. The average Bonchev–Trinajstić information content (AvgIpc) is 2.63. The van der Waals surface area contributed by atoms with Crippen LogP contribution in [0.3, 0.4) is 0 Å². The monoisotopic (exact) mass is 419 g/mol. The van der Waals surface area contributed by atoms with Crippen molar-refractivity contribution >= 4 is 44.5 Å². The van der Waals surface area contributed by atoms with Gasteiger partial charge in [0.2, 0.25) is 0 Å². The van der Waals surface area contributed by atoms with Crippen LogP contribution in [0.5, 0.6) is 0 Å². The summed E-state index contributed by atoms with van der Waals surface area (Å²) in [6.07, 6.45) is 1.63. The molecule has 7 heteroatoms. The lowest BCUT2D eigenvalue weighted by Gasteiger charge is -2.12. The van der Waals surface area contributed by atoms with Crippen LogP contribution in [0, 0.1) is 0 Å². The largest absolute Gasteiger partial charge is 0.351 e. The van der Waals surface area contributed by atoms with Crippen molar-refractivity contribution in [3.8, 4) is 0 Å². The van der Waals surface area contributed by atoms with Crippen molar-refractivity contribution in [2.45, 2.75) is 6.54 Å². The summed E-state index contributed by atoms with van der Waals surface area (Å²) in [4.78, 5) is 29.5. The molecule has 0 aliphatic carbocycles. The molecule has 0 aliphatic heterocycles. The van der Waals surface area contributed by atoms with E-state index in [2.05, 4.69) is 26.2 Å². The highest BCUT2D eigenvalue weighted by molar-refractivity contribution is 9.09. The standard InChI is InChI=1S/C18H15BrClN3O2/c19-7-9-22-17(24)15-10-13-2-1-8-21-16(13)23(18(15)25)11-12-3-5-14(20)6-4-12/h1-6,8,10H,7,9,11H2,(H,22,24). The topological polar surface area (TPSA) is 64.0 Å². The number of hydrogen-bond donors (Lipinski definition) is 1. The van der Waals surface area contributed by atoms with Gasteiger partial charge in [-0.1, -0.05) is 39.7 Å². The normalized spacial score (nSPS) is 10.8. The van der Waals surface area contributed by atoms with E-state index in [0.717, 1.165) is 10.9 Å². The molecule has 0 atom stereocenters. The van der Waals surface area contributed by atoms with Gasteiger partial charge in [-0.3, -0.25) is 14.2 Å². The zero-order valence-corrected chi connectivity index (χ0v) is 15.5. The number of amides is 1. The summed E-state index contributed by atoms with van der Waals surface area (Å²) in [5.41, 5.74) is 1.18. The van der Waals surface area contributed by atoms with E-state index in [-0.39, 0.29) is 17.0 Å². The van der Waals surface area contributed by atoms with Gasteiger partial charge in [-0.2, -0.15) is 0 Å². The first-order chi connectivity index (χ1) is 12.1. The number of fused-ring (bicyclic) bond motifs is 1. The van der Waals surface area contributed by atoms with E-state index < -0.39 is 0 Å². The van der Waals surface area contributed by atoms with E-state index >= 15 is 0 Å². The Morgan fingerprint density at radius 2 is 2.00 bits per heavy atom. The third-order valence-electron chi connectivity index (χ3n) is 3.73. The zero-order chi connectivity index (χ0) is 17.8. The van der Waals surface area contributed by atoms with Crippen LogP contribution in [0.1, 0.15) is 15.9 Å². The van der Waals surface area contributed by atoms with Gasteiger partial charge in [0, 0.05) is 28.5 Å². The summed E-state index contributed by atoms with van der Waals surface area (Å²) in [6.45, 7) is 0.754. The molecule has 0 radical (unpaired) electrons. The van der Waals surface area contributed by atoms with Crippen LogP contribution in [-0.2, 0) is 6.54 Å². The van der Waals surface area contributed by atoms with Gasteiger partial charge in [0.25, 0.3) is 11.5 Å². The molecule has 5 nitrogen and oxygen atoms in total. The van der Waals surface area contributed by atoms with Crippen LogP contribution < -0.4 is 10.9 Å². The maximum absolute atomic E-state index is 12.9. The van der Waals surface area contributed by atoms with Gasteiger partial charge in [-0.15, -0.1) is 0 Å². The molecule has 1 N–H and O–H groups in total. The number of carbonyl (C=O) groups is 1. The predicted molar refractivity (Wildman–Crippen MR) is 103 cm³/mol. The molecule has 0 saturated carbocycles. The van der Waals surface area contributed by atoms with Gasteiger partial charge in [-0.05, 0) is 35.9 Å². The number of pyridine rings is 2. The van der Waals surface area contributed by atoms with Crippen molar-refractivity contribution < 1.29 is 4.79 Å². The molecule has 1 aromatic carbocycles. The Hall–Kier alpha value is -2.18. The van der Waals surface area contributed by atoms with Crippen LogP contribution in [0.15, 0.2) is 53.5 Å². The summed E-state index contributed by atoms with van der Waals surface area (Å²) < 4.78 is 1.52. The molecule has 0 spiro atoms. The second kappa shape index (κ2) is 7.80. The highest BCUT2D eigenvalue weighted by atomic mass is 79.9. The average molecular weight is 421 g/mol. The Balaban J connectivity index is 2.11. The molecule has 0 saturated heterocycles. The van der Waals surface area contributed by atoms with Gasteiger partial charge in [-0.25, -0.2) is 4.98 Å². The van der Waals surface area contributed by atoms with Crippen molar-refractivity contribution in [3.63, 3.8) is 0 Å². The van der Waals surface area contributed by atoms with Crippen molar-refractivity contribution in [3.05, 3.63) is 75.2 Å². The molecule has 0 unspecified atom stereocenters. The van der Waals surface area contributed by atoms with E-state index in [1.807, 2.05) is 18.2 Å². The first-order valence-corrected chi connectivity index (χ1v) is 9.17. The lowest BCUT2D eigenvalue weighted by atomic mass is 10.1. The smallest absolute Gasteiger partial charge is 0.265 e. The number of nitrogens with zero attached hydrogens (tertiary/aromatic N) is 2. The second-order valence-corrected chi connectivity index (χ2v) is 6.67. The molecule has 0 fully saturated rings. The molecule has 2 aromatic heterocycles. The number of halogens is 2. The molecule has 128 valence electrons. The van der Waals surface area contributed by atoms with Crippen LogP contribution in [0.2, 0.25) is 5.02 Å². The highest BCUT2D eigenvalue weighted by Crippen LogP contribution is 2.15. The van der Waals surface area contributed by atoms with Crippen LogP contribution in [-0.4, -0.2) is 27.3 Å². The number of carbonyl (C=O) groups excluding carboxylic acids is 1. The Kier molecular flexibility index (Phi) is 5.50. The molecule has 3 aromatic rings. The number of alkyl halides is 1. The number of hydrogen-bond acceptors (Lipinski definition) is 3. The Labute approximate surface area is 157 Å². The van der Waals surface area contributed by atoms with Crippen molar-refractivity contribution in [2.75, 3.05) is 11.9 Å². The molecule has 1 amide bonds. The first-order valence-electron chi connectivity index (χ1n) is 7.67. The van der Waals surface area contributed by atoms with Crippen LogP contribution >= 0.6 is 27.5 Å². The van der Waals surface area contributed by atoms with Crippen LogP contribution in [0.4, 0.5) is 0 Å². The molecular weight excluding hydrogens is 406 g/mol. The molecule has 2 heterocycles. The van der Waals surface area contributed by atoms with Gasteiger partial charge in [0.05, 0.1) is 6.54 Å². The summed E-state index contributed by atoms with van der Waals surface area (Å²) in [5.74, 6) is -0.389. The molecule has 0 bridgehead atoms. The zero-order valence-electron chi connectivity index (χ0n) is 13.2. The van der Waals surface area contributed by atoms with Gasteiger partial charge < -0.3 is 5.32 Å². The Morgan fingerprint density at radius 1 is 1.24 bits per heavy atom. The SMILES string of the molecule is O=C(NCCBr)c1cc2cccnc2n(Cc2ccc(Cl)cc2)c1=O. The van der Waals surface area contributed by atoms with Crippen molar-refractivity contribution in [1.29, 1.82) is 0 Å². The fourth-order valence-electron chi connectivity index (χ4n) is 2.54. The molecule has 25 heavy (non-hydrogen) atoms. The molecule has 0 aliphatic rings. The minimum absolute atomic E-state index is 0.107. The molecule has 3 rings (SSSR count). The lowest BCUT2D eigenvalue weighted by Crippen LogP contribution is -2.34.